The Kier molecular flexibility index (Phi) is 5.30. The Morgan fingerprint density at radius 2 is 2.09 bits per heavy atom. The van der Waals surface area contributed by atoms with Gasteiger partial charge in [-0.05, 0) is 25.3 Å². The first kappa shape index (κ1) is 10.8. The summed E-state index contributed by atoms with van der Waals surface area (Å²) < 4.78 is 0. The molecular weight excluding hydrogens is 154 g/mol. The van der Waals surface area contributed by atoms with Gasteiger partial charge in [-0.2, -0.15) is 0 Å². The molecule has 0 aromatic heterocycles. The van der Waals surface area contributed by atoms with Gasteiger partial charge in [-0.3, -0.25) is 4.99 Å². The molecule has 64 valence electrons. The normalized spacial score (nSPS) is 13.2. The maximum absolute atomic E-state index is 4.04. The van der Waals surface area contributed by atoms with Crippen LogP contribution in [0.15, 0.2) is 15.6 Å². The summed E-state index contributed by atoms with van der Waals surface area (Å²) in [6.07, 6.45) is 3.15. The molecule has 0 rings (SSSR count). The van der Waals surface area contributed by atoms with Gasteiger partial charge in [0.2, 0.25) is 0 Å². The van der Waals surface area contributed by atoms with Crippen LogP contribution >= 0.6 is 11.8 Å². The average Bonchev–Trinajstić information content (AvgIpc) is 1.99. The SMILES string of the molecule is C=N/C(=C(/CC)SC)C(C)C. The zero-order valence-electron chi connectivity index (χ0n) is 7.85. The van der Waals surface area contributed by atoms with E-state index < -0.39 is 0 Å². The molecule has 0 aliphatic heterocycles. The molecule has 0 saturated heterocycles. The van der Waals surface area contributed by atoms with E-state index >= 15 is 0 Å². The van der Waals surface area contributed by atoms with Gasteiger partial charge in [0.15, 0.2) is 0 Å². The van der Waals surface area contributed by atoms with Gasteiger partial charge in [0, 0.05) is 4.91 Å². The van der Waals surface area contributed by atoms with Crippen molar-refractivity contribution in [3.05, 3.63) is 10.6 Å². The first-order valence-corrected chi connectivity index (χ1v) is 5.13. The van der Waals surface area contributed by atoms with E-state index in [0.29, 0.717) is 5.92 Å². The average molecular weight is 171 g/mol. The van der Waals surface area contributed by atoms with Crippen molar-refractivity contribution in [2.75, 3.05) is 6.26 Å². The van der Waals surface area contributed by atoms with Gasteiger partial charge in [0.05, 0.1) is 5.70 Å². The molecule has 0 aromatic carbocycles. The van der Waals surface area contributed by atoms with E-state index in [1.54, 1.807) is 11.8 Å². The van der Waals surface area contributed by atoms with Gasteiger partial charge in [-0.25, -0.2) is 0 Å². The summed E-state index contributed by atoms with van der Waals surface area (Å²) in [5.41, 5.74) is 1.15. The fourth-order valence-corrected chi connectivity index (χ4v) is 1.82. The van der Waals surface area contributed by atoms with Crippen molar-refractivity contribution in [3.63, 3.8) is 0 Å². The second-order valence-electron chi connectivity index (χ2n) is 2.68. The van der Waals surface area contributed by atoms with Crippen LogP contribution in [0.1, 0.15) is 27.2 Å². The van der Waals surface area contributed by atoms with Crippen molar-refractivity contribution < 1.29 is 0 Å². The molecule has 0 saturated carbocycles. The van der Waals surface area contributed by atoms with Crippen LogP contribution in [0.4, 0.5) is 0 Å². The second-order valence-corrected chi connectivity index (χ2v) is 3.58. The highest BCUT2D eigenvalue weighted by atomic mass is 32.2. The number of hydrogen-bond donors (Lipinski definition) is 0. The van der Waals surface area contributed by atoms with E-state index in [1.165, 1.54) is 4.91 Å². The summed E-state index contributed by atoms with van der Waals surface area (Å²) in [4.78, 5) is 5.39. The van der Waals surface area contributed by atoms with Crippen LogP contribution in [-0.2, 0) is 0 Å². The maximum atomic E-state index is 4.04. The largest absolute Gasteiger partial charge is 0.268 e. The Morgan fingerprint density at radius 3 is 2.18 bits per heavy atom. The van der Waals surface area contributed by atoms with Crippen molar-refractivity contribution in [1.29, 1.82) is 0 Å². The molecule has 0 aromatic rings. The lowest BCUT2D eigenvalue weighted by Crippen LogP contribution is -1.94. The topological polar surface area (TPSA) is 12.4 Å². The lowest BCUT2D eigenvalue weighted by atomic mass is 10.1. The molecule has 0 N–H and O–H groups in total. The van der Waals surface area contributed by atoms with Crippen LogP contribution in [0.3, 0.4) is 0 Å². The Morgan fingerprint density at radius 1 is 1.55 bits per heavy atom. The number of allylic oxidation sites excluding steroid dienone is 2. The molecule has 11 heavy (non-hydrogen) atoms. The summed E-state index contributed by atoms with van der Waals surface area (Å²) >= 11 is 1.78. The first-order valence-electron chi connectivity index (χ1n) is 3.91. The monoisotopic (exact) mass is 171 g/mol. The number of thioether (sulfide) groups is 1. The minimum absolute atomic E-state index is 0.495. The number of nitrogens with zero attached hydrogens (tertiary/aromatic N) is 1. The van der Waals surface area contributed by atoms with Crippen molar-refractivity contribution >= 4 is 18.5 Å². The highest BCUT2D eigenvalue weighted by molar-refractivity contribution is 8.02. The first-order chi connectivity index (χ1) is 5.17. The van der Waals surface area contributed by atoms with Crippen LogP contribution in [0, 0.1) is 5.92 Å². The third-order valence-corrected chi connectivity index (χ3v) is 2.56. The summed E-state index contributed by atoms with van der Waals surface area (Å²) in [5, 5.41) is 0. The third kappa shape index (κ3) is 3.10. The standard InChI is InChI=1S/C9H17NS/c1-6-8(11-5)9(10-4)7(2)3/h7H,4,6H2,1-3,5H3/b9-8-. The van der Waals surface area contributed by atoms with Crippen LogP contribution < -0.4 is 0 Å². The Bertz CT molecular complexity index is 153. The van der Waals surface area contributed by atoms with E-state index in [9.17, 15) is 0 Å². The summed E-state index contributed by atoms with van der Waals surface area (Å²) in [6, 6.07) is 0. The smallest absolute Gasteiger partial charge is 0.0516 e. The molecule has 0 atom stereocenters. The molecule has 0 aliphatic carbocycles. The number of aliphatic imine (C=N–C) groups is 1. The molecule has 2 heteroatoms. The fraction of sp³-hybridized carbons (Fsp3) is 0.667. The maximum Gasteiger partial charge on any atom is 0.0516 e. The van der Waals surface area contributed by atoms with Crippen molar-refractivity contribution in [2.45, 2.75) is 27.2 Å². The predicted octanol–water partition coefficient (Wildman–Crippen LogP) is 3.33. The molecule has 1 nitrogen and oxygen atoms in total. The highest BCUT2D eigenvalue weighted by Gasteiger charge is 2.05. The zero-order chi connectivity index (χ0) is 8.85. The van der Waals surface area contributed by atoms with Crippen molar-refractivity contribution in [1.82, 2.24) is 0 Å². The van der Waals surface area contributed by atoms with E-state index in [-0.39, 0.29) is 0 Å². The summed E-state index contributed by atoms with van der Waals surface area (Å²) in [5.74, 6) is 0.495. The van der Waals surface area contributed by atoms with Crippen LogP contribution in [0.25, 0.3) is 0 Å². The van der Waals surface area contributed by atoms with Crippen LogP contribution in [0.2, 0.25) is 0 Å². The van der Waals surface area contributed by atoms with E-state index in [4.69, 9.17) is 0 Å². The second kappa shape index (κ2) is 5.42. The Balaban J connectivity index is 4.62. The van der Waals surface area contributed by atoms with Crippen molar-refractivity contribution in [2.24, 2.45) is 10.9 Å². The zero-order valence-corrected chi connectivity index (χ0v) is 8.66. The molecule has 0 heterocycles. The lowest BCUT2D eigenvalue weighted by Gasteiger charge is -2.10. The quantitative estimate of drug-likeness (QED) is 0.591. The minimum atomic E-state index is 0.495. The minimum Gasteiger partial charge on any atom is -0.268 e. The van der Waals surface area contributed by atoms with Gasteiger partial charge in [0.25, 0.3) is 0 Å². The molecular formula is C9H17NS. The van der Waals surface area contributed by atoms with Gasteiger partial charge in [-0.1, -0.05) is 20.8 Å². The van der Waals surface area contributed by atoms with E-state index in [0.717, 1.165) is 12.1 Å². The van der Waals surface area contributed by atoms with Gasteiger partial charge >= 0.3 is 0 Å². The molecule has 0 aliphatic rings. The molecule has 0 fully saturated rings. The lowest BCUT2D eigenvalue weighted by molar-refractivity contribution is 0.750. The van der Waals surface area contributed by atoms with Gasteiger partial charge in [0.1, 0.15) is 0 Å². The number of rotatable bonds is 4. The predicted molar refractivity (Wildman–Crippen MR) is 55.2 cm³/mol. The fourth-order valence-electron chi connectivity index (χ4n) is 1.02. The molecule has 0 unspecified atom stereocenters. The van der Waals surface area contributed by atoms with Crippen LogP contribution in [0.5, 0.6) is 0 Å². The summed E-state index contributed by atoms with van der Waals surface area (Å²) in [6.45, 7) is 10.0. The Labute approximate surface area is 74.0 Å². The molecule has 0 amide bonds. The van der Waals surface area contributed by atoms with Crippen LogP contribution in [-0.4, -0.2) is 13.0 Å². The highest BCUT2D eigenvalue weighted by Crippen LogP contribution is 2.25. The third-order valence-electron chi connectivity index (χ3n) is 1.57. The van der Waals surface area contributed by atoms with Crippen molar-refractivity contribution in [3.8, 4) is 0 Å². The molecule has 0 radical (unpaired) electrons. The molecule has 0 bridgehead atoms. The Hall–Kier alpha value is -0.240. The molecule has 0 spiro atoms. The summed E-state index contributed by atoms with van der Waals surface area (Å²) in [7, 11) is 0. The number of hydrogen-bond acceptors (Lipinski definition) is 2. The van der Waals surface area contributed by atoms with Gasteiger partial charge in [-0.15, -0.1) is 11.8 Å². The van der Waals surface area contributed by atoms with E-state index in [2.05, 4.69) is 38.7 Å². The van der Waals surface area contributed by atoms with E-state index in [1.807, 2.05) is 0 Å². The van der Waals surface area contributed by atoms with Gasteiger partial charge < -0.3 is 0 Å².